The Balaban J connectivity index is 1.92. The van der Waals surface area contributed by atoms with E-state index in [9.17, 15) is 13.0 Å². The summed E-state index contributed by atoms with van der Waals surface area (Å²) in [5.41, 5.74) is 2.07. The molecule has 2 rings (SSSR count). The maximum Gasteiger partial charge on any atom is 0.294 e. The van der Waals surface area contributed by atoms with Crippen LogP contribution in [0.3, 0.4) is 0 Å². The lowest BCUT2D eigenvalue weighted by atomic mass is 9.95. The van der Waals surface area contributed by atoms with Gasteiger partial charge in [0.05, 0.1) is 4.90 Å². The van der Waals surface area contributed by atoms with E-state index in [-0.39, 0.29) is 4.90 Å². The summed E-state index contributed by atoms with van der Waals surface area (Å²) in [4.78, 5) is 0.0924. The van der Waals surface area contributed by atoms with E-state index in [1.54, 1.807) is 6.07 Å². The molecule has 0 radical (unpaired) electrons. The molecule has 3 nitrogen and oxygen atoms in total. The molecule has 0 aliphatic carbocycles. The van der Waals surface area contributed by atoms with Crippen LogP contribution in [0.25, 0.3) is 10.8 Å². The molecule has 2 aromatic carbocycles. The lowest BCUT2D eigenvalue weighted by molar-refractivity contribution is 0.482. The second-order valence-corrected chi connectivity index (χ2v) is 12.1. The first kappa shape index (κ1) is 30.8. The van der Waals surface area contributed by atoms with Crippen LogP contribution in [0.5, 0.6) is 0 Å². The minimum Gasteiger partial charge on any atom is -0.282 e. The molecule has 0 bridgehead atoms. The highest BCUT2D eigenvalue weighted by atomic mass is 32.2. The molecule has 1 N–H and O–H groups in total. The third kappa shape index (κ3) is 11.8. The molecule has 0 saturated heterocycles. The molecule has 2 aromatic rings. The van der Waals surface area contributed by atoms with Gasteiger partial charge in [0.1, 0.15) is 0 Å². The molecule has 0 amide bonds. The largest absolute Gasteiger partial charge is 0.294 e. The van der Waals surface area contributed by atoms with E-state index in [2.05, 4.69) is 32.0 Å². The molecule has 0 aliphatic rings. The Hall–Kier alpha value is -1.39. The maximum absolute atomic E-state index is 12.2. The molecule has 0 atom stereocenters. The average molecular weight is 517 g/mol. The maximum atomic E-state index is 12.2. The second kappa shape index (κ2) is 18.0. The highest BCUT2D eigenvalue weighted by Gasteiger charge is 2.18. The minimum absolute atomic E-state index is 0.0924. The topological polar surface area (TPSA) is 54.4 Å². The van der Waals surface area contributed by atoms with E-state index in [1.807, 2.05) is 6.07 Å². The Morgan fingerprint density at radius 3 is 1.53 bits per heavy atom. The summed E-state index contributed by atoms with van der Waals surface area (Å²) in [6, 6.07) is 9.90. The SMILES string of the molecule is CCCCCCCCCCCc1ccc2ccc(S(=O)(=O)O)c(CCCCCCCCCCC)c2c1. The zero-order valence-electron chi connectivity index (χ0n) is 23.2. The molecule has 0 spiro atoms. The quantitative estimate of drug-likeness (QED) is 0.133. The van der Waals surface area contributed by atoms with E-state index in [0.717, 1.165) is 35.6 Å². The highest BCUT2D eigenvalue weighted by molar-refractivity contribution is 7.85. The number of hydrogen-bond donors (Lipinski definition) is 1. The Bertz CT molecular complexity index is 965. The number of unbranched alkanes of at least 4 members (excludes halogenated alkanes) is 16. The van der Waals surface area contributed by atoms with Gasteiger partial charge in [0.15, 0.2) is 0 Å². The van der Waals surface area contributed by atoms with Gasteiger partial charge in [-0.2, -0.15) is 8.42 Å². The van der Waals surface area contributed by atoms with Crippen molar-refractivity contribution in [3.8, 4) is 0 Å². The Morgan fingerprint density at radius 2 is 1.03 bits per heavy atom. The summed E-state index contributed by atoms with van der Waals surface area (Å²) in [6.45, 7) is 4.50. The first-order valence-corrected chi connectivity index (χ1v) is 16.4. The number of benzene rings is 2. The van der Waals surface area contributed by atoms with Crippen molar-refractivity contribution in [2.75, 3.05) is 0 Å². The predicted molar refractivity (Wildman–Crippen MR) is 156 cm³/mol. The van der Waals surface area contributed by atoms with Gasteiger partial charge >= 0.3 is 0 Å². The molecule has 0 heterocycles. The average Bonchev–Trinajstić information content (AvgIpc) is 2.86. The fraction of sp³-hybridized carbons (Fsp3) is 0.688. The Morgan fingerprint density at radius 1 is 0.583 bits per heavy atom. The molecule has 0 aliphatic heterocycles. The van der Waals surface area contributed by atoms with Gasteiger partial charge in [-0.15, -0.1) is 0 Å². The lowest BCUT2D eigenvalue weighted by Crippen LogP contribution is -2.04. The normalized spacial score (nSPS) is 12.0. The molecule has 0 fully saturated rings. The van der Waals surface area contributed by atoms with Crippen LogP contribution >= 0.6 is 0 Å². The van der Waals surface area contributed by atoms with Crippen LogP contribution < -0.4 is 0 Å². The summed E-state index contributed by atoms with van der Waals surface area (Å²) in [5.74, 6) is 0. The van der Waals surface area contributed by atoms with Gasteiger partial charge in [-0.05, 0) is 53.6 Å². The van der Waals surface area contributed by atoms with Crippen LogP contribution in [-0.2, 0) is 23.0 Å². The van der Waals surface area contributed by atoms with Crippen molar-refractivity contribution in [1.29, 1.82) is 0 Å². The molecular weight excluding hydrogens is 464 g/mol. The van der Waals surface area contributed by atoms with Crippen molar-refractivity contribution in [3.63, 3.8) is 0 Å². The van der Waals surface area contributed by atoms with Crippen molar-refractivity contribution in [2.24, 2.45) is 0 Å². The van der Waals surface area contributed by atoms with Gasteiger partial charge in [0.25, 0.3) is 10.1 Å². The van der Waals surface area contributed by atoms with Crippen molar-refractivity contribution >= 4 is 20.9 Å². The van der Waals surface area contributed by atoms with Crippen LogP contribution in [0.15, 0.2) is 35.2 Å². The van der Waals surface area contributed by atoms with Gasteiger partial charge in [0, 0.05) is 0 Å². The number of rotatable bonds is 21. The number of fused-ring (bicyclic) bond motifs is 1. The summed E-state index contributed by atoms with van der Waals surface area (Å²) in [5, 5.41) is 2.06. The molecule has 36 heavy (non-hydrogen) atoms. The van der Waals surface area contributed by atoms with Gasteiger partial charge in [-0.3, -0.25) is 4.55 Å². The van der Waals surface area contributed by atoms with Crippen molar-refractivity contribution < 1.29 is 13.0 Å². The summed E-state index contributed by atoms with van der Waals surface area (Å²) < 4.78 is 34.2. The van der Waals surface area contributed by atoms with Gasteiger partial charge in [0.2, 0.25) is 0 Å². The van der Waals surface area contributed by atoms with E-state index < -0.39 is 10.1 Å². The predicted octanol–water partition coefficient (Wildman–Crippen LogP) is 10.2. The van der Waals surface area contributed by atoms with Crippen molar-refractivity contribution in [3.05, 3.63) is 41.5 Å². The van der Waals surface area contributed by atoms with E-state index in [1.165, 1.54) is 108 Å². The van der Waals surface area contributed by atoms with Gasteiger partial charge in [-0.25, -0.2) is 0 Å². The van der Waals surface area contributed by atoms with E-state index in [0.29, 0.717) is 6.42 Å². The molecule has 0 aromatic heterocycles. The first-order valence-electron chi connectivity index (χ1n) is 15.0. The fourth-order valence-corrected chi connectivity index (χ4v) is 6.08. The molecular formula is C32H52O3S. The zero-order valence-corrected chi connectivity index (χ0v) is 24.0. The number of aryl methyl sites for hydroxylation is 2. The molecule has 0 saturated carbocycles. The van der Waals surface area contributed by atoms with Gasteiger partial charge < -0.3 is 0 Å². The monoisotopic (exact) mass is 516 g/mol. The van der Waals surface area contributed by atoms with Gasteiger partial charge in [-0.1, -0.05) is 141 Å². The Kier molecular flexibility index (Phi) is 15.4. The summed E-state index contributed by atoms with van der Waals surface area (Å²) in [7, 11) is -4.23. The van der Waals surface area contributed by atoms with E-state index in [4.69, 9.17) is 0 Å². The highest BCUT2D eigenvalue weighted by Crippen LogP contribution is 2.29. The minimum atomic E-state index is -4.23. The summed E-state index contributed by atoms with van der Waals surface area (Å²) in [6.07, 6.45) is 24.7. The van der Waals surface area contributed by atoms with Crippen LogP contribution in [0.2, 0.25) is 0 Å². The standard InChI is InChI=1S/C32H52O3S/c1-3-5-7-9-11-13-15-17-19-21-28-23-24-29-25-26-32(36(33,34)35)30(31(29)27-28)22-20-18-16-14-12-10-8-6-4-2/h23-27H,3-22H2,1-2H3,(H,33,34,35). The van der Waals surface area contributed by atoms with Crippen LogP contribution in [0.4, 0.5) is 0 Å². The third-order valence-electron chi connectivity index (χ3n) is 7.53. The molecule has 204 valence electrons. The fourth-order valence-electron chi connectivity index (χ4n) is 5.32. The Labute approximate surface area is 222 Å². The van der Waals surface area contributed by atoms with Crippen molar-refractivity contribution in [1.82, 2.24) is 0 Å². The molecule has 0 unspecified atom stereocenters. The smallest absolute Gasteiger partial charge is 0.282 e. The van der Waals surface area contributed by atoms with E-state index >= 15 is 0 Å². The summed E-state index contributed by atoms with van der Waals surface area (Å²) >= 11 is 0. The molecule has 4 heteroatoms. The number of hydrogen-bond acceptors (Lipinski definition) is 2. The second-order valence-electron chi connectivity index (χ2n) is 10.7. The third-order valence-corrected chi connectivity index (χ3v) is 8.47. The first-order chi connectivity index (χ1) is 17.5. The zero-order chi connectivity index (χ0) is 26.1. The van der Waals surface area contributed by atoms with Crippen LogP contribution in [0, 0.1) is 0 Å². The van der Waals surface area contributed by atoms with Crippen LogP contribution in [0.1, 0.15) is 141 Å². The van der Waals surface area contributed by atoms with Crippen LogP contribution in [-0.4, -0.2) is 13.0 Å². The lowest BCUT2D eigenvalue weighted by Gasteiger charge is -2.13. The van der Waals surface area contributed by atoms with Crippen molar-refractivity contribution in [2.45, 2.75) is 147 Å².